The number of aromatic nitrogens is 1. The standard InChI is InChI=1S/C22H21F3N4O/c1-12-5-17(14-3-4-19(25)18(9-14)22(30)29-26)21(28-11-12)20(27-2)8-13-6-15(23)10-16(24)7-13/h3-7,9-11,20,27H,8,26H2,1-2H3,(H,29,30). The Morgan fingerprint density at radius 2 is 1.80 bits per heavy atom. The molecule has 3 rings (SSSR count). The molecule has 0 saturated heterocycles. The van der Waals surface area contributed by atoms with Crippen molar-refractivity contribution in [2.75, 3.05) is 7.05 Å². The van der Waals surface area contributed by atoms with Crippen LogP contribution in [0.15, 0.2) is 48.7 Å². The lowest BCUT2D eigenvalue weighted by Crippen LogP contribution is -2.30. The number of halogens is 3. The Morgan fingerprint density at radius 3 is 2.43 bits per heavy atom. The molecule has 1 heterocycles. The molecule has 0 aliphatic heterocycles. The molecule has 1 atom stereocenters. The van der Waals surface area contributed by atoms with E-state index < -0.39 is 29.4 Å². The quantitative estimate of drug-likeness (QED) is 0.327. The first-order chi connectivity index (χ1) is 14.3. The number of carbonyl (C=O) groups is 1. The van der Waals surface area contributed by atoms with E-state index >= 15 is 0 Å². The van der Waals surface area contributed by atoms with Crippen molar-refractivity contribution in [1.82, 2.24) is 15.7 Å². The molecule has 4 N–H and O–H groups in total. The Labute approximate surface area is 172 Å². The van der Waals surface area contributed by atoms with Gasteiger partial charge in [-0.15, -0.1) is 0 Å². The van der Waals surface area contributed by atoms with Gasteiger partial charge in [0, 0.05) is 17.8 Å². The van der Waals surface area contributed by atoms with E-state index in [1.54, 1.807) is 13.2 Å². The van der Waals surface area contributed by atoms with Crippen molar-refractivity contribution in [2.45, 2.75) is 19.4 Å². The van der Waals surface area contributed by atoms with Gasteiger partial charge in [-0.2, -0.15) is 0 Å². The second kappa shape index (κ2) is 9.06. The molecular formula is C22H21F3N4O. The fraction of sp³-hybridized carbons (Fsp3) is 0.182. The first-order valence-corrected chi connectivity index (χ1v) is 9.22. The Morgan fingerprint density at radius 1 is 1.10 bits per heavy atom. The summed E-state index contributed by atoms with van der Waals surface area (Å²) in [6, 6.07) is 8.93. The van der Waals surface area contributed by atoms with Crippen molar-refractivity contribution in [3.8, 4) is 11.1 Å². The number of hydrogen-bond acceptors (Lipinski definition) is 4. The van der Waals surface area contributed by atoms with Crippen LogP contribution in [0.25, 0.3) is 11.1 Å². The van der Waals surface area contributed by atoms with Crippen LogP contribution < -0.4 is 16.6 Å². The molecular weight excluding hydrogens is 393 g/mol. The number of nitrogens with one attached hydrogen (secondary N) is 2. The summed E-state index contributed by atoms with van der Waals surface area (Å²) in [5.74, 6) is 2.37. The van der Waals surface area contributed by atoms with Gasteiger partial charge < -0.3 is 5.32 Å². The first kappa shape index (κ1) is 21.5. The molecule has 0 radical (unpaired) electrons. The zero-order chi connectivity index (χ0) is 21.8. The third kappa shape index (κ3) is 4.67. The van der Waals surface area contributed by atoms with Crippen molar-refractivity contribution in [3.63, 3.8) is 0 Å². The molecule has 1 unspecified atom stereocenters. The number of aryl methyl sites for hydroxylation is 1. The number of nitrogen functional groups attached to an aromatic ring is 1. The van der Waals surface area contributed by atoms with Crippen molar-refractivity contribution >= 4 is 5.91 Å². The Bertz CT molecular complexity index is 1070. The van der Waals surface area contributed by atoms with Crippen LogP contribution in [-0.2, 0) is 6.42 Å². The molecule has 156 valence electrons. The molecule has 0 saturated carbocycles. The molecule has 0 aliphatic rings. The third-order valence-electron chi connectivity index (χ3n) is 4.75. The highest BCUT2D eigenvalue weighted by Gasteiger charge is 2.20. The van der Waals surface area contributed by atoms with Crippen LogP contribution >= 0.6 is 0 Å². The lowest BCUT2D eigenvalue weighted by Gasteiger charge is -2.20. The fourth-order valence-corrected chi connectivity index (χ4v) is 3.33. The summed E-state index contributed by atoms with van der Waals surface area (Å²) in [5, 5.41) is 3.11. The Kier molecular flexibility index (Phi) is 6.49. The van der Waals surface area contributed by atoms with Crippen LogP contribution in [0.5, 0.6) is 0 Å². The maximum atomic E-state index is 14.1. The topological polar surface area (TPSA) is 80.0 Å². The van der Waals surface area contributed by atoms with E-state index in [1.165, 1.54) is 30.3 Å². The minimum absolute atomic E-state index is 0.198. The predicted molar refractivity (Wildman–Crippen MR) is 108 cm³/mol. The Hall–Kier alpha value is -3.23. The molecule has 3 aromatic rings. The van der Waals surface area contributed by atoms with E-state index in [-0.39, 0.29) is 12.0 Å². The number of nitrogens with zero attached hydrogens (tertiary/aromatic N) is 1. The SMILES string of the molecule is CNC(Cc1cc(F)cc(F)c1)c1ncc(C)cc1-c1ccc(F)c(C(=O)NN)c1. The Balaban J connectivity index is 2.07. The maximum Gasteiger partial charge on any atom is 0.268 e. The molecule has 30 heavy (non-hydrogen) atoms. The average Bonchev–Trinajstić information content (AvgIpc) is 2.71. The number of pyridine rings is 1. The van der Waals surface area contributed by atoms with Crippen molar-refractivity contribution in [1.29, 1.82) is 0 Å². The highest BCUT2D eigenvalue weighted by atomic mass is 19.1. The van der Waals surface area contributed by atoms with Crippen molar-refractivity contribution in [2.24, 2.45) is 5.84 Å². The monoisotopic (exact) mass is 414 g/mol. The average molecular weight is 414 g/mol. The molecule has 8 heteroatoms. The summed E-state index contributed by atoms with van der Waals surface area (Å²) < 4.78 is 41.3. The lowest BCUT2D eigenvalue weighted by molar-refractivity contribution is 0.0949. The number of rotatable bonds is 6. The van der Waals surface area contributed by atoms with E-state index in [1.807, 2.05) is 18.4 Å². The number of hydrazine groups is 1. The number of nitrogens with two attached hydrogens (primary N) is 1. The molecule has 0 aliphatic carbocycles. The molecule has 5 nitrogen and oxygen atoms in total. The van der Waals surface area contributed by atoms with Crippen LogP contribution in [0.1, 0.15) is 33.2 Å². The summed E-state index contributed by atoms with van der Waals surface area (Å²) in [6.07, 6.45) is 1.94. The minimum atomic E-state index is -0.753. The highest BCUT2D eigenvalue weighted by Crippen LogP contribution is 2.31. The zero-order valence-corrected chi connectivity index (χ0v) is 16.5. The largest absolute Gasteiger partial charge is 0.311 e. The number of carbonyl (C=O) groups excluding carboxylic acids is 1. The van der Waals surface area contributed by atoms with Gasteiger partial charge in [-0.25, -0.2) is 19.0 Å². The van der Waals surface area contributed by atoms with E-state index in [0.29, 0.717) is 22.4 Å². The summed E-state index contributed by atoms with van der Waals surface area (Å²) in [4.78, 5) is 16.4. The van der Waals surface area contributed by atoms with Gasteiger partial charge in [-0.1, -0.05) is 6.07 Å². The molecule has 0 spiro atoms. The summed E-state index contributed by atoms with van der Waals surface area (Å²) in [6.45, 7) is 1.85. The van der Waals surface area contributed by atoms with Crippen LogP contribution in [0.3, 0.4) is 0 Å². The van der Waals surface area contributed by atoms with Gasteiger partial charge in [0.1, 0.15) is 17.5 Å². The van der Waals surface area contributed by atoms with Gasteiger partial charge in [0.2, 0.25) is 0 Å². The van der Waals surface area contributed by atoms with Gasteiger partial charge in [0.15, 0.2) is 0 Å². The third-order valence-corrected chi connectivity index (χ3v) is 4.75. The maximum absolute atomic E-state index is 14.1. The second-order valence-electron chi connectivity index (χ2n) is 6.94. The van der Waals surface area contributed by atoms with Crippen LogP contribution in [0.2, 0.25) is 0 Å². The smallest absolute Gasteiger partial charge is 0.268 e. The lowest BCUT2D eigenvalue weighted by atomic mass is 9.93. The predicted octanol–water partition coefficient (Wildman–Crippen LogP) is 3.58. The highest BCUT2D eigenvalue weighted by molar-refractivity contribution is 5.95. The van der Waals surface area contributed by atoms with Crippen molar-refractivity contribution < 1.29 is 18.0 Å². The van der Waals surface area contributed by atoms with E-state index in [4.69, 9.17) is 5.84 Å². The van der Waals surface area contributed by atoms with Gasteiger partial charge in [0.25, 0.3) is 5.91 Å². The van der Waals surface area contributed by atoms with Crippen molar-refractivity contribution in [3.05, 3.63) is 88.5 Å². The van der Waals surface area contributed by atoms with Crippen LogP contribution in [0.4, 0.5) is 13.2 Å². The van der Waals surface area contributed by atoms with Gasteiger partial charge in [-0.05, 0) is 67.4 Å². The fourth-order valence-electron chi connectivity index (χ4n) is 3.33. The summed E-state index contributed by atoms with van der Waals surface area (Å²) >= 11 is 0. The van der Waals surface area contributed by atoms with Gasteiger partial charge in [0.05, 0.1) is 17.3 Å². The normalized spacial score (nSPS) is 11.9. The van der Waals surface area contributed by atoms with Gasteiger partial charge in [-0.3, -0.25) is 15.2 Å². The molecule has 0 fully saturated rings. The number of amides is 1. The number of likely N-dealkylation sites (N-methyl/N-ethyl adjacent to an activating group) is 1. The number of hydrogen-bond donors (Lipinski definition) is 3. The zero-order valence-electron chi connectivity index (χ0n) is 16.5. The first-order valence-electron chi connectivity index (χ1n) is 9.22. The van der Waals surface area contributed by atoms with Crippen LogP contribution in [0, 0.1) is 24.4 Å². The minimum Gasteiger partial charge on any atom is -0.311 e. The second-order valence-corrected chi connectivity index (χ2v) is 6.94. The van der Waals surface area contributed by atoms with E-state index in [9.17, 15) is 18.0 Å². The molecule has 2 aromatic carbocycles. The number of benzene rings is 2. The summed E-state index contributed by atoms with van der Waals surface area (Å²) in [7, 11) is 1.71. The van der Waals surface area contributed by atoms with E-state index in [2.05, 4.69) is 10.3 Å². The molecule has 1 amide bonds. The van der Waals surface area contributed by atoms with Gasteiger partial charge >= 0.3 is 0 Å². The summed E-state index contributed by atoms with van der Waals surface area (Å²) in [5.41, 5.74) is 4.87. The molecule has 0 bridgehead atoms. The molecule has 1 aromatic heterocycles. The van der Waals surface area contributed by atoms with E-state index in [0.717, 1.165) is 11.6 Å². The van der Waals surface area contributed by atoms with Crippen LogP contribution in [-0.4, -0.2) is 17.9 Å².